The molecule has 0 radical (unpaired) electrons. The van der Waals surface area contributed by atoms with Crippen LogP contribution in [0.1, 0.15) is 24.8 Å². The minimum absolute atomic E-state index is 0.374. The molecular formula is C11H14N4O2. The summed E-state index contributed by atoms with van der Waals surface area (Å²) >= 11 is 0. The van der Waals surface area contributed by atoms with Gasteiger partial charge in [-0.05, 0) is 25.8 Å². The van der Waals surface area contributed by atoms with Crippen molar-refractivity contribution >= 4 is 0 Å². The first kappa shape index (κ1) is 11.7. The molecule has 2 heterocycles. The fraction of sp³-hybridized carbons (Fsp3) is 0.455. The van der Waals surface area contributed by atoms with Gasteiger partial charge in [0, 0.05) is 18.8 Å². The summed E-state index contributed by atoms with van der Waals surface area (Å²) in [6, 6.07) is 0. The topological polar surface area (TPSA) is 84.9 Å². The lowest BCUT2D eigenvalue weighted by molar-refractivity contribution is 0.180. The number of hydrogen-bond acceptors (Lipinski definition) is 6. The lowest BCUT2D eigenvalue weighted by atomic mass is 10.2. The molecule has 0 amide bonds. The lowest BCUT2D eigenvalue weighted by Gasteiger charge is -1.98. The van der Waals surface area contributed by atoms with Crippen LogP contribution >= 0.6 is 0 Å². The van der Waals surface area contributed by atoms with Crippen molar-refractivity contribution in [2.24, 2.45) is 0 Å². The van der Waals surface area contributed by atoms with Gasteiger partial charge in [0.25, 0.3) is 0 Å². The van der Waals surface area contributed by atoms with Gasteiger partial charge >= 0.3 is 0 Å². The average molecular weight is 234 g/mol. The van der Waals surface area contributed by atoms with Crippen LogP contribution in [0.25, 0.3) is 11.6 Å². The summed E-state index contributed by atoms with van der Waals surface area (Å²) in [4.78, 5) is 12.4. The Morgan fingerprint density at radius 3 is 2.65 bits per heavy atom. The zero-order valence-corrected chi connectivity index (χ0v) is 9.79. The van der Waals surface area contributed by atoms with E-state index in [0.717, 1.165) is 5.56 Å². The van der Waals surface area contributed by atoms with E-state index in [4.69, 9.17) is 9.63 Å². The summed E-state index contributed by atoms with van der Waals surface area (Å²) in [5, 5.41) is 13.0. The van der Waals surface area contributed by atoms with Gasteiger partial charge in [0.1, 0.15) is 0 Å². The van der Waals surface area contributed by atoms with Crippen LogP contribution in [-0.4, -0.2) is 31.3 Å². The number of nitrogens with zero attached hydrogens (tertiary/aromatic N) is 4. The van der Waals surface area contributed by atoms with Crippen molar-refractivity contribution in [1.82, 2.24) is 20.1 Å². The molecule has 0 spiro atoms. The molecule has 2 aromatic rings. The summed E-state index contributed by atoms with van der Waals surface area (Å²) in [5.74, 6) is 1.32. The Kier molecular flexibility index (Phi) is 3.43. The largest absolute Gasteiger partial charge is 0.393 e. The van der Waals surface area contributed by atoms with Crippen molar-refractivity contribution in [1.29, 1.82) is 0 Å². The molecule has 1 N–H and O–H groups in total. The molecule has 6 nitrogen and oxygen atoms in total. The van der Waals surface area contributed by atoms with Crippen LogP contribution in [0.4, 0.5) is 0 Å². The van der Waals surface area contributed by atoms with Gasteiger partial charge in [0.2, 0.25) is 17.5 Å². The Balaban J connectivity index is 2.10. The Hall–Kier alpha value is -1.82. The van der Waals surface area contributed by atoms with E-state index in [0.29, 0.717) is 30.4 Å². The molecule has 0 bridgehead atoms. The molecule has 1 unspecified atom stereocenters. The van der Waals surface area contributed by atoms with E-state index < -0.39 is 0 Å². The van der Waals surface area contributed by atoms with Crippen molar-refractivity contribution in [3.63, 3.8) is 0 Å². The summed E-state index contributed by atoms with van der Waals surface area (Å²) in [5.41, 5.74) is 0.978. The SMILES string of the molecule is Cc1cnc(-c2noc(CCC(C)O)n2)nc1. The van der Waals surface area contributed by atoms with E-state index in [9.17, 15) is 0 Å². The maximum Gasteiger partial charge on any atom is 0.240 e. The molecule has 2 aromatic heterocycles. The maximum atomic E-state index is 9.15. The predicted molar refractivity (Wildman–Crippen MR) is 60.1 cm³/mol. The quantitative estimate of drug-likeness (QED) is 0.854. The molecule has 17 heavy (non-hydrogen) atoms. The Morgan fingerprint density at radius 2 is 2.00 bits per heavy atom. The minimum atomic E-state index is -0.374. The smallest absolute Gasteiger partial charge is 0.240 e. The second kappa shape index (κ2) is 5.01. The van der Waals surface area contributed by atoms with Crippen molar-refractivity contribution in [2.75, 3.05) is 0 Å². The summed E-state index contributed by atoms with van der Waals surface area (Å²) in [7, 11) is 0. The zero-order valence-electron chi connectivity index (χ0n) is 9.79. The molecule has 0 saturated heterocycles. The van der Waals surface area contributed by atoms with Crippen LogP contribution < -0.4 is 0 Å². The number of aliphatic hydroxyl groups excluding tert-OH is 1. The van der Waals surface area contributed by atoms with Crippen LogP contribution in [-0.2, 0) is 6.42 Å². The first-order valence-electron chi connectivity index (χ1n) is 5.45. The number of aromatic nitrogens is 4. The van der Waals surface area contributed by atoms with Gasteiger partial charge in [-0.15, -0.1) is 0 Å². The Morgan fingerprint density at radius 1 is 1.29 bits per heavy atom. The first-order valence-corrected chi connectivity index (χ1v) is 5.45. The van der Waals surface area contributed by atoms with Gasteiger partial charge in [-0.3, -0.25) is 0 Å². The highest BCUT2D eigenvalue weighted by atomic mass is 16.5. The number of aryl methyl sites for hydroxylation is 2. The summed E-state index contributed by atoms with van der Waals surface area (Å²) in [6.45, 7) is 3.63. The van der Waals surface area contributed by atoms with Gasteiger partial charge < -0.3 is 9.63 Å². The first-order chi connectivity index (χ1) is 8.15. The monoisotopic (exact) mass is 234 g/mol. The molecule has 90 valence electrons. The molecule has 0 aliphatic carbocycles. The molecule has 0 saturated carbocycles. The van der Waals surface area contributed by atoms with Crippen LogP contribution in [0.3, 0.4) is 0 Å². The van der Waals surface area contributed by atoms with E-state index in [1.807, 2.05) is 6.92 Å². The molecule has 2 rings (SSSR count). The van der Waals surface area contributed by atoms with E-state index in [-0.39, 0.29) is 6.10 Å². The fourth-order valence-corrected chi connectivity index (χ4v) is 1.29. The lowest BCUT2D eigenvalue weighted by Crippen LogP contribution is -2.01. The van der Waals surface area contributed by atoms with Gasteiger partial charge in [-0.25, -0.2) is 9.97 Å². The fourth-order valence-electron chi connectivity index (χ4n) is 1.29. The second-order valence-corrected chi connectivity index (χ2v) is 3.98. The van der Waals surface area contributed by atoms with Crippen LogP contribution in [0.2, 0.25) is 0 Å². The van der Waals surface area contributed by atoms with Crippen molar-refractivity contribution < 1.29 is 9.63 Å². The number of rotatable bonds is 4. The van der Waals surface area contributed by atoms with Crippen LogP contribution in [0.15, 0.2) is 16.9 Å². The van der Waals surface area contributed by atoms with Crippen molar-refractivity contribution in [2.45, 2.75) is 32.8 Å². The van der Waals surface area contributed by atoms with Gasteiger partial charge in [-0.2, -0.15) is 4.98 Å². The zero-order chi connectivity index (χ0) is 12.3. The third-order valence-electron chi connectivity index (χ3n) is 2.23. The highest BCUT2D eigenvalue weighted by molar-refractivity contribution is 5.40. The molecular weight excluding hydrogens is 220 g/mol. The van der Waals surface area contributed by atoms with E-state index >= 15 is 0 Å². The molecule has 0 fully saturated rings. The summed E-state index contributed by atoms with van der Waals surface area (Å²) < 4.78 is 5.05. The van der Waals surface area contributed by atoms with Gasteiger partial charge in [-0.1, -0.05) is 5.16 Å². The van der Waals surface area contributed by atoms with E-state index in [2.05, 4.69) is 20.1 Å². The predicted octanol–water partition coefficient (Wildman–Crippen LogP) is 1.15. The Labute approximate surface area is 98.7 Å². The second-order valence-electron chi connectivity index (χ2n) is 3.98. The van der Waals surface area contributed by atoms with Gasteiger partial charge in [0.05, 0.1) is 6.10 Å². The molecule has 1 atom stereocenters. The van der Waals surface area contributed by atoms with Crippen molar-refractivity contribution in [3.05, 3.63) is 23.8 Å². The number of aliphatic hydroxyl groups is 1. The van der Waals surface area contributed by atoms with Crippen LogP contribution in [0, 0.1) is 6.92 Å². The third-order valence-corrected chi connectivity index (χ3v) is 2.23. The Bertz CT molecular complexity index is 478. The van der Waals surface area contributed by atoms with Crippen molar-refractivity contribution in [3.8, 4) is 11.6 Å². The van der Waals surface area contributed by atoms with E-state index in [1.165, 1.54) is 0 Å². The average Bonchev–Trinajstić information content (AvgIpc) is 2.76. The minimum Gasteiger partial charge on any atom is -0.393 e. The molecule has 0 aromatic carbocycles. The normalized spacial score (nSPS) is 12.6. The summed E-state index contributed by atoms with van der Waals surface area (Å²) in [6.07, 6.45) is 4.18. The maximum absolute atomic E-state index is 9.15. The van der Waals surface area contributed by atoms with Gasteiger partial charge in [0.15, 0.2) is 0 Å². The highest BCUT2D eigenvalue weighted by Crippen LogP contribution is 2.11. The van der Waals surface area contributed by atoms with Crippen LogP contribution in [0.5, 0.6) is 0 Å². The molecule has 0 aliphatic rings. The molecule has 0 aliphatic heterocycles. The third kappa shape index (κ3) is 3.07. The highest BCUT2D eigenvalue weighted by Gasteiger charge is 2.11. The van der Waals surface area contributed by atoms with E-state index in [1.54, 1.807) is 19.3 Å². The number of hydrogen-bond donors (Lipinski definition) is 1. The standard InChI is InChI=1S/C11H14N4O2/c1-7-5-12-10(13-6-7)11-14-9(17-15-11)4-3-8(2)16/h5-6,8,16H,3-4H2,1-2H3. The molecule has 6 heteroatoms.